The van der Waals surface area contributed by atoms with E-state index in [1.165, 1.54) is 7.11 Å². The standard InChI is InChI=1S/C20H30F2N4O3.HI/c1-4-18(27)26-11-9-15(13-26)25-20(23-5-2)24-10-8-14-6-7-16(28-3)17(12-14)29-19(21)22;/h6-7,12,15,19H,4-5,8-11,13H2,1-3H3,(H2,23,24,25);1H. The van der Waals surface area contributed by atoms with Gasteiger partial charge in [-0.1, -0.05) is 13.0 Å². The molecule has 30 heavy (non-hydrogen) atoms. The Morgan fingerprint density at radius 2 is 2.10 bits per heavy atom. The van der Waals surface area contributed by atoms with Gasteiger partial charge >= 0.3 is 6.61 Å². The van der Waals surface area contributed by atoms with E-state index < -0.39 is 6.61 Å². The highest BCUT2D eigenvalue weighted by atomic mass is 127. The minimum Gasteiger partial charge on any atom is -0.493 e. The maximum absolute atomic E-state index is 12.6. The fraction of sp³-hybridized carbons (Fsp3) is 0.600. The molecule has 7 nitrogen and oxygen atoms in total. The number of likely N-dealkylation sites (tertiary alicyclic amines) is 1. The molecule has 1 fully saturated rings. The van der Waals surface area contributed by atoms with Gasteiger partial charge in [0.2, 0.25) is 5.91 Å². The minimum absolute atomic E-state index is 0. The largest absolute Gasteiger partial charge is 0.493 e. The van der Waals surface area contributed by atoms with Crippen LogP contribution in [-0.2, 0) is 11.2 Å². The van der Waals surface area contributed by atoms with Crippen molar-refractivity contribution >= 4 is 35.8 Å². The van der Waals surface area contributed by atoms with Crippen molar-refractivity contribution in [2.45, 2.75) is 45.8 Å². The summed E-state index contributed by atoms with van der Waals surface area (Å²) >= 11 is 0. The van der Waals surface area contributed by atoms with Gasteiger partial charge in [-0.2, -0.15) is 8.78 Å². The first kappa shape index (κ1) is 26.2. The maximum atomic E-state index is 12.6. The molecule has 1 saturated heterocycles. The number of rotatable bonds is 9. The second-order valence-corrected chi connectivity index (χ2v) is 6.70. The lowest BCUT2D eigenvalue weighted by atomic mass is 10.1. The molecule has 1 aromatic carbocycles. The van der Waals surface area contributed by atoms with Crippen LogP contribution in [0.15, 0.2) is 23.2 Å². The molecule has 1 aliphatic rings. The van der Waals surface area contributed by atoms with E-state index in [-0.39, 0.29) is 47.4 Å². The molecule has 0 aliphatic carbocycles. The second-order valence-electron chi connectivity index (χ2n) is 6.70. The van der Waals surface area contributed by atoms with Gasteiger partial charge in [-0.05, 0) is 37.5 Å². The Kier molecular flexibility index (Phi) is 11.7. The third-order valence-electron chi connectivity index (χ3n) is 4.64. The Morgan fingerprint density at radius 3 is 2.73 bits per heavy atom. The van der Waals surface area contributed by atoms with Gasteiger partial charge in [-0.3, -0.25) is 9.79 Å². The molecule has 10 heteroatoms. The highest BCUT2D eigenvalue weighted by molar-refractivity contribution is 14.0. The fourth-order valence-electron chi connectivity index (χ4n) is 3.20. The van der Waals surface area contributed by atoms with Crippen molar-refractivity contribution < 1.29 is 23.0 Å². The molecular weight excluding hydrogens is 509 g/mol. The zero-order valence-electron chi connectivity index (χ0n) is 17.6. The predicted molar refractivity (Wildman–Crippen MR) is 123 cm³/mol. The lowest BCUT2D eigenvalue weighted by Gasteiger charge is -2.18. The molecule has 1 unspecified atom stereocenters. The van der Waals surface area contributed by atoms with Gasteiger partial charge < -0.3 is 25.0 Å². The summed E-state index contributed by atoms with van der Waals surface area (Å²) in [6.07, 6.45) is 1.95. The molecule has 2 rings (SSSR count). The molecule has 0 spiro atoms. The van der Waals surface area contributed by atoms with E-state index in [0.717, 1.165) is 18.5 Å². The number of aliphatic imine (C=N–C) groups is 1. The summed E-state index contributed by atoms with van der Waals surface area (Å²) < 4.78 is 34.7. The van der Waals surface area contributed by atoms with Crippen molar-refractivity contribution in [1.82, 2.24) is 15.5 Å². The Balaban J connectivity index is 0.00000450. The number of nitrogens with one attached hydrogen (secondary N) is 2. The molecule has 1 aromatic rings. The quantitative estimate of drug-likeness (QED) is 0.286. The average Bonchev–Trinajstić information content (AvgIpc) is 3.16. The van der Waals surface area contributed by atoms with Crippen molar-refractivity contribution in [3.8, 4) is 11.5 Å². The SMILES string of the molecule is CCNC(=NCCc1ccc(OC)c(OC(F)F)c1)NC1CCN(C(=O)CC)C1.I. The summed E-state index contributed by atoms with van der Waals surface area (Å²) in [5, 5.41) is 6.57. The molecule has 1 aliphatic heterocycles. The number of guanidine groups is 1. The van der Waals surface area contributed by atoms with Crippen molar-refractivity contribution in [3.63, 3.8) is 0 Å². The van der Waals surface area contributed by atoms with Crippen molar-refractivity contribution in [1.29, 1.82) is 0 Å². The van der Waals surface area contributed by atoms with Gasteiger partial charge in [0, 0.05) is 38.6 Å². The van der Waals surface area contributed by atoms with E-state index in [0.29, 0.717) is 38.4 Å². The topological polar surface area (TPSA) is 75.2 Å². The van der Waals surface area contributed by atoms with Crippen molar-refractivity contribution in [2.75, 3.05) is 33.3 Å². The van der Waals surface area contributed by atoms with Crippen LogP contribution in [0, 0.1) is 0 Å². The number of carbonyl (C=O) groups is 1. The smallest absolute Gasteiger partial charge is 0.387 e. The number of nitrogens with zero attached hydrogens (tertiary/aromatic N) is 2. The first-order valence-corrected chi connectivity index (χ1v) is 9.91. The van der Waals surface area contributed by atoms with Crippen LogP contribution in [0.4, 0.5) is 8.78 Å². The molecule has 170 valence electrons. The number of amides is 1. The van der Waals surface area contributed by atoms with Gasteiger partial charge in [0.25, 0.3) is 0 Å². The van der Waals surface area contributed by atoms with E-state index >= 15 is 0 Å². The molecule has 0 radical (unpaired) electrons. The van der Waals surface area contributed by atoms with E-state index in [2.05, 4.69) is 20.4 Å². The lowest BCUT2D eigenvalue weighted by Crippen LogP contribution is -2.45. The minimum atomic E-state index is -2.91. The number of hydrogen-bond donors (Lipinski definition) is 2. The number of hydrogen-bond acceptors (Lipinski definition) is 4. The fourth-order valence-corrected chi connectivity index (χ4v) is 3.20. The normalized spacial score (nSPS) is 16.3. The van der Waals surface area contributed by atoms with Crippen LogP contribution in [0.1, 0.15) is 32.3 Å². The summed E-state index contributed by atoms with van der Waals surface area (Å²) in [5.41, 5.74) is 0.821. The molecule has 0 saturated carbocycles. The van der Waals surface area contributed by atoms with Gasteiger partial charge in [0.15, 0.2) is 17.5 Å². The molecule has 1 amide bonds. The van der Waals surface area contributed by atoms with Gasteiger partial charge in [0.05, 0.1) is 7.11 Å². The van der Waals surface area contributed by atoms with Crippen LogP contribution in [0.5, 0.6) is 11.5 Å². The predicted octanol–water partition coefficient (Wildman–Crippen LogP) is 3.02. The number of halogens is 3. The summed E-state index contributed by atoms with van der Waals surface area (Å²) in [4.78, 5) is 18.3. The summed E-state index contributed by atoms with van der Waals surface area (Å²) in [6, 6.07) is 5.12. The maximum Gasteiger partial charge on any atom is 0.387 e. The van der Waals surface area contributed by atoms with Crippen LogP contribution in [0.25, 0.3) is 0 Å². The number of ether oxygens (including phenoxy) is 2. The summed E-state index contributed by atoms with van der Waals surface area (Å²) in [6.45, 7) is 3.55. The number of methoxy groups -OCH3 is 1. The molecule has 2 N–H and O–H groups in total. The average molecular weight is 540 g/mol. The molecule has 1 atom stereocenters. The first-order valence-electron chi connectivity index (χ1n) is 9.91. The van der Waals surface area contributed by atoms with Gasteiger partial charge in [-0.25, -0.2) is 0 Å². The first-order chi connectivity index (χ1) is 14.0. The monoisotopic (exact) mass is 540 g/mol. The van der Waals surface area contributed by atoms with Gasteiger partial charge in [0.1, 0.15) is 0 Å². The van der Waals surface area contributed by atoms with E-state index in [4.69, 9.17) is 4.74 Å². The van der Waals surface area contributed by atoms with Crippen LogP contribution >= 0.6 is 24.0 Å². The molecule has 1 heterocycles. The number of alkyl halides is 2. The van der Waals surface area contributed by atoms with Crippen molar-refractivity contribution in [2.24, 2.45) is 4.99 Å². The van der Waals surface area contributed by atoms with Crippen LogP contribution in [-0.4, -0.2) is 62.7 Å². The highest BCUT2D eigenvalue weighted by Gasteiger charge is 2.25. The van der Waals surface area contributed by atoms with E-state index in [1.807, 2.05) is 18.7 Å². The Morgan fingerprint density at radius 1 is 1.33 bits per heavy atom. The molecule has 0 bridgehead atoms. The zero-order valence-corrected chi connectivity index (χ0v) is 20.0. The third-order valence-corrected chi connectivity index (χ3v) is 4.64. The Bertz CT molecular complexity index is 707. The van der Waals surface area contributed by atoms with Crippen molar-refractivity contribution in [3.05, 3.63) is 23.8 Å². The highest BCUT2D eigenvalue weighted by Crippen LogP contribution is 2.29. The van der Waals surface area contributed by atoms with Crippen LogP contribution in [0.3, 0.4) is 0 Å². The third kappa shape index (κ3) is 8.11. The number of carbonyl (C=O) groups excluding carboxylic acids is 1. The Labute approximate surface area is 193 Å². The molecule has 0 aromatic heterocycles. The van der Waals surface area contributed by atoms with Crippen LogP contribution < -0.4 is 20.1 Å². The Hall–Kier alpha value is -1.85. The van der Waals surface area contributed by atoms with Gasteiger partial charge in [-0.15, -0.1) is 24.0 Å². The summed E-state index contributed by atoms with van der Waals surface area (Å²) in [5.74, 6) is 1.12. The van der Waals surface area contributed by atoms with E-state index in [9.17, 15) is 13.6 Å². The lowest BCUT2D eigenvalue weighted by molar-refractivity contribution is -0.129. The zero-order chi connectivity index (χ0) is 21.2. The number of benzene rings is 1. The summed E-state index contributed by atoms with van der Waals surface area (Å²) in [7, 11) is 1.41. The van der Waals surface area contributed by atoms with E-state index in [1.54, 1.807) is 18.2 Å². The second kappa shape index (κ2) is 13.5. The van der Waals surface area contributed by atoms with Crippen LogP contribution in [0.2, 0.25) is 0 Å². The molecular formula is C20H31F2IN4O3.